The van der Waals surface area contributed by atoms with Gasteiger partial charge in [-0.2, -0.15) is 0 Å². The van der Waals surface area contributed by atoms with Gasteiger partial charge in [0.1, 0.15) is 11.4 Å². The van der Waals surface area contributed by atoms with Gasteiger partial charge in [0.2, 0.25) is 0 Å². The van der Waals surface area contributed by atoms with Crippen LogP contribution in [0.1, 0.15) is 61.0 Å². The van der Waals surface area contributed by atoms with Gasteiger partial charge in [-0.15, -0.1) is 0 Å². The highest BCUT2D eigenvalue weighted by atomic mass is 16.2. The molecule has 4 bridgehead atoms. The summed E-state index contributed by atoms with van der Waals surface area (Å²) in [6, 6.07) is 16.2. The number of hydrogen-bond acceptors (Lipinski definition) is 8. The topological polar surface area (TPSA) is 119 Å². The van der Waals surface area contributed by atoms with Gasteiger partial charge in [-0.25, -0.2) is 0 Å². The predicted octanol–water partition coefficient (Wildman–Crippen LogP) is 4.44. The second-order valence-electron chi connectivity index (χ2n) is 16.1. The van der Waals surface area contributed by atoms with Crippen LogP contribution in [0.5, 0.6) is 0 Å². The van der Waals surface area contributed by atoms with Crippen LogP contribution in [0.25, 0.3) is 33.0 Å². The fraction of sp³-hybridized carbons (Fsp3) is 0.455. The maximum absolute atomic E-state index is 14.0. The van der Waals surface area contributed by atoms with E-state index in [4.69, 9.17) is 0 Å². The highest BCUT2D eigenvalue weighted by Gasteiger charge is 2.43. The first-order valence-electron chi connectivity index (χ1n) is 20.6. The van der Waals surface area contributed by atoms with Crippen molar-refractivity contribution in [3.05, 3.63) is 82.4 Å². The molecular weight excluding hydrogens is 705 g/mol. The summed E-state index contributed by atoms with van der Waals surface area (Å²) in [5, 5.41) is 1.93. The molecule has 0 atom stereocenters. The van der Waals surface area contributed by atoms with Crippen molar-refractivity contribution in [3.63, 3.8) is 0 Å². The number of hydrogen-bond donors (Lipinski definition) is 2. The zero-order valence-corrected chi connectivity index (χ0v) is 32.7. The van der Waals surface area contributed by atoms with Crippen molar-refractivity contribution in [3.8, 4) is 0 Å². The van der Waals surface area contributed by atoms with Gasteiger partial charge in [-0.05, 0) is 63.7 Å². The van der Waals surface area contributed by atoms with Gasteiger partial charge in [0.15, 0.2) is 0 Å². The first-order valence-corrected chi connectivity index (χ1v) is 20.6. The van der Waals surface area contributed by atoms with Gasteiger partial charge in [0, 0.05) is 111 Å². The molecule has 0 saturated carbocycles. The Morgan fingerprint density at radius 1 is 0.446 bits per heavy atom. The van der Waals surface area contributed by atoms with Crippen LogP contribution < -0.4 is 0 Å². The number of nitrogens with zero attached hydrogens (tertiary/aromatic N) is 6. The van der Waals surface area contributed by atoms with Crippen LogP contribution in [0.3, 0.4) is 0 Å². The molecule has 0 aliphatic carbocycles. The number of piperazine rings is 2. The lowest BCUT2D eigenvalue weighted by Crippen LogP contribution is -2.47. The number of aromatic amines is 2. The molecule has 2 N–H and O–H groups in total. The monoisotopic (exact) mass is 756 g/mol. The third kappa shape index (κ3) is 6.32. The van der Waals surface area contributed by atoms with E-state index < -0.39 is 0 Å². The van der Waals surface area contributed by atoms with E-state index in [1.807, 2.05) is 36.4 Å². The van der Waals surface area contributed by atoms with Gasteiger partial charge >= 0.3 is 0 Å². The van der Waals surface area contributed by atoms with E-state index in [1.165, 1.54) is 9.80 Å². The Labute approximate surface area is 327 Å². The molecule has 4 amide bonds. The number of aromatic nitrogens is 2. The summed E-state index contributed by atoms with van der Waals surface area (Å²) in [6.45, 7) is 8.32. The molecule has 2 fully saturated rings. The van der Waals surface area contributed by atoms with E-state index in [9.17, 15) is 19.2 Å². The minimum atomic E-state index is -0.238. The van der Waals surface area contributed by atoms with Crippen molar-refractivity contribution >= 4 is 56.6 Å². The van der Waals surface area contributed by atoms with E-state index in [2.05, 4.69) is 41.7 Å². The summed E-state index contributed by atoms with van der Waals surface area (Å²) >= 11 is 0. The Morgan fingerprint density at radius 2 is 0.839 bits per heavy atom. The second kappa shape index (κ2) is 15.0. The van der Waals surface area contributed by atoms with Crippen LogP contribution >= 0.6 is 0 Å². The summed E-state index contributed by atoms with van der Waals surface area (Å²) in [6.07, 6.45) is 7.44. The van der Waals surface area contributed by atoms with Gasteiger partial charge in [-0.1, -0.05) is 49.2 Å². The number of aryl methyl sites for hydroxylation is 2. The van der Waals surface area contributed by atoms with Crippen LogP contribution in [0.15, 0.2) is 59.9 Å². The fourth-order valence-electron chi connectivity index (χ4n) is 9.65. The van der Waals surface area contributed by atoms with Crippen LogP contribution in [-0.4, -0.2) is 143 Å². The molecule has 11 rings (SSSR count). The average molecular weight is 757 g/mol. The summed E-state index contributed by atoms with van der Waals surface area (Å²) in [5.41, 5.74) is 7.71. The molecule has 0 radical (unpaired) electrons. The van der Waals surface area contributed by atoms with Crippen LogP contribution in [0.4, 0.5) is 0 Å². The highest BCUT2D eigenvalue weighted by Crippen LogP contribution is 2.40. The Hall–Kier alpha value is -5.20. The molecule has 9 heterocycles. The van der Waals surface area contributed by atoms with E-state index in [-0.39, 0.29) is 23.6 Å². The van der Waals surface area contributed by atoms with Gasteiger partial charge < -0.3 is 19.8 Å². The normalized spacial score (nSPS) is 23.5. The quantitative estimate of drug-likeness (QED) is 0.253. The van der Waals surface area contributed by atoms with Crippen LogP contribution in [-0.2, 0) is 32.0 Å². The Kier molecular flexibility index (Phi) is 9.79. The first kappa shape index (κ1) is 36.4. The lowest BCUT2D eigenvalue weighted by atomic mass is 9.96. The molecule has 2 aromatic heterocycles. The minimum Gasteiger partial charge on any atom is -0.364 e. The smallest absolute Gasteiger partial charge is 0.277 e. The number of carbonyl (C=O) groups is 4. The number of nitrogens with one attached hydrogen (secondary N) is 2. The zero-order chi connectivity index (χ0) is 38.5. The zero-order valence-electron chi connectivity index (χ0n) is 32.7. The van der Waals surface area contributed by atoms with E-state index in [0.29, 0.717) is 48.7 Å². The molecule has 0 unspecified atom stereocenters. The van der Waals surface area contributed by atoms with Gasteiger partial charge in [-0.3, -0.25) is 38.8 Å². The van der Waals surface area contributed by atoms with Crippen LogP contribution in [0.2, 0.25) is 0 Å². The van der Waals surface area contributed by atoms with E-state index >= 15 is 0 Å². The Bertz CT molecular complexity index is 2130. The molecule has 4 aromatic rings. The molecule has 292 valence electrons. The molecule has 7 aliphatic rings. The van der Waals surface area contributed by atoms with Crippen molar-refractivity contribution in [2.45, 2.75) is 51.4 Å². The lowest BCUT2D eigenvalue weighted by Gasteiger charge is -2.37. The standard InChI is InChI=1S/C44H52N8O4/c1-47-41(53)37-35-29-13-7-9-15-31(29)45-33(35)17-5-3-6-18-34-36(30-14-8-10-16-32(30)46-34)38-40(44(56)48(2)42(38)54)52-27-23-50(24-28-52)20-12-4-11-19-49-21-25-51(26-22-49)39(37)43(47)55/h7-10,13-16,45-46H,3-6,11-12,17-28H2,1-2H3. The Morgan fingerprint density at radius 3 is 1.27 bits per heavy atom. The number of imide groups is 2. The van der Waals surface area contributed by atoms with Crippen LogP contribution in [0, 0.1) is 0 Å². The summed E-state index contributed by atoms with van der Waals surface area (Å²) in [4.78, 5) is 74.8. The molecule has 2 aromatic carbocycles. The van der Waals surface area contributed by atoms with E-state index in [1.54, 1.807) is 14.1 Å². The largest absolute Gasteiger partial charge is 0.364 e. The maximum Gasteiger partial charge on any atom is 0.277 e. The molecule has 7 aliphatic heterocycles. The maximum atomic E-state index is 14.0. The number of carbonyl (C=O) groups excluding carboxylic acids is 4. The fourth-order valence-corrected chi connectivity index (χ4v) is 9.65. The minimum absolute atomic E-state index is 0.218. The van der Waals surface area contributed by atoms with Crippen molar-refractivity contribution in [2.75, 3.05) is 79.5 Å². The number of likely N-dealkylation sites (N-methyl/N-ethyl adjacent to an activating group) is 2. The molecule has 56 heavy (non-hydrogen) atoms. The number of amides is 4. The molecule has 12 nitrogen and oxygen atoms in total. The van der Waals surface area contributed by atoms with Gasteiger partial charge in [0.25, 0.3) is 23.6 Å². The highest BCUT2D eigenvalue weighted by molar-refractivity contribution is 6.38. The summed E-state index contributed by atoms with van der Waals surface area (Å²) in [5.74, 6) is -0.912. The molecule has 0 spiro atoms. The SMILES string of the molecule is CN1C(=O)C2=C(C1=O)N1CCN(CCCCCN3CCN(CC3)C3=C(C(=O)N(C)C3=O)c3c([nH]c4ccccc34)CCCCCc3[nH]c4ccccc4c32)CC1. The number of H-pyrrole nitrogens is 2. The third-order valence-corrected chi connectivity index (χ3v) is 12.8. The number of rotatable bonds is 0. The number of benzene rings is 2. The number of para-hydroxylation sites is 2. The third-order valence-electron chi connectivity index (χ3n) is 12.8. The van der Waals surface area contributed by atoms with Crippen molar-refractivity contribution in [1.82, 2.24) is 39.4 Å². The Balaban J connectivity index is 1.06. The molecule has 12 heteroatoms. The predicted molar refractivity (Wildman–Crippen MR) is 217 cm³/mol. The van der Waals surface area contributed by atoms with Crippen molar-refractivity contribution in [1.29, 1.82) is 0 Å². The van der Waals surface area contributed by atoms with E-state index in [0.717, 1.165) is 135 Å². The number of fused-ring (bicyclic) bond motifs is 4. The van der Waals surface area contributed by atoms with Crippen molar-refractivity contribution in [2.24, 2.45) is 0 Å². The average Bonchev–Trinajstić information content (AvgIpc) is 3.89. The van der Waals surface area contributed by atoms with Crippen molar-refractivity contribution < 1.29 is 19.2 Å². The lowest BCUT2D eigenvalue weighted by molar-refractivity contribution is -0.137. The summed E-state index contributed by atoms with van der Waals surface area (Å²) in [7, 11) is 3.21. The van der Waals surface area contributed by atoms with Gasteiger partial charge in [0.05, 0.1) is 11.1 Å². The first-order chi connectivity index (χ1) is 27.3. The second-order valence-corrected chi connectivity index (χ2v) is 16.1. The summed E-state index contributed by atoms with van der Waals surface area (Å²) < 4.78 is 0. The molecule has 2 saturated heterocycles. The molecular formula is C44H52N8O4.